The smallest absolute Gasteiger partial charge is 0.416 e. The molecule has 0 unspecified atom stereocenters. The Morgan fingerprint density at radius 2 is 1.96 bits per heavy atom. The molecule has 1 aromatic heterocycles. The number of ether oxygens (including phenoxy) is 1. The summed E-state index contributed by atoms with van der Waals surface area (Å²) in [5.74, 6) is -1.67. The topological polar surface area (TPSA) is 68.3 Å². The number of rotatable bonds is 4. The van der Waals surface area contributed by atoms with Gasteiger partial charge in [0.1, 0.15) is 5.69 Å². The molecule has 0 fully saturated rings. The molecule has 2 rings (SSSR count). The predicted octanol–water partition coefficient (Wildman–Crippen LogP) is 3.55. The Morgan fingerprint density at radius 3 is 2.58 bits per heavy atom. The number of benzene rings is 1. The first kappa shape index (κ1) is 17.7. The van der Waals surface area contributed by atoms with E-state index in [9.17, 15) is 22.8 Å². The Morgan fingerprint density at radius 1 is 1.21 bits per heavy atom. The van der Waals surface area contributed by atoms with Crippen LogP contribution in [0.25, 0.3) is 0 Å². The molecule has 0 spiro atoms. The molecule has 0 aliphatic heterocycles. The summed E-state index contributed by atoms with van der Waals surface area (Å²) in [7, 11) is 0. The highest BCUT2D eigenvalue weighted by Gasteiger charge is 2.31. The van der Waals surface area contributed by atoms with Crippen LogP contribution in [-0.2, 0) is 15.7 Å². The lowest BCUT2D eigenvalue weighted by Gasteiger charge is -2.11. The number of hydrogen-bond acceptors (Lipinski definition) is 4. The number of halogens is 4. The molecular formula is C15H10ClF3N2O3. The zero-order valence-corrected chi connectivity index (χ0v) is 12.7. The van der Waals surface area contributed by atoms with Crippen molar-refractivity contribution in [2.75, 3.05) is 11.9 Å². The Kier molecular flexibility index (Phi) is 5.40. The molecule has 1 amide bonds. The van der Waals surface area contributed by atoms with Gasteiger partial charge in [0, 0.05) is 6.20 Å². The zero-order chi connectivity index (χ0) is 17.7. The summed E-state index contributed by atoms with van der Waals surface area (Å²) in [5, 5.41) is 2.08. The number of nitrogens with zero attached hydrogens (tertiary/aromatic N) is 1. The number of amides is 1. The fraction of sp³-hybridized carbons (Fsp3) is 0.133. The number of hydrogen-bond donors (Lipinski definition) is 1. The number of nitrogens with one attached hydrogen (secondary N) is 1. The van der Waals surface area contributed by atoms with E-state index in [1.54, 1.807) is 12.1 Å². The van der Waals surface area contributed by atoms with Crippen molar-refractivity contribution in [2.45, 2.75) is 6.18 Å². The molecular weight excluding hydrogens is 349 g/mol. The molecule has 1 aromatic carbocycles. The number of pyridine rings is 1. The van der Waals surface area contributed by atoms with Gasteiger partial charge in [0.15, 0.2) is 6.61 Å². The molecule has 0 atom stereocenters. The van der Waals surface area contributed by atoms with Crippen molar-refractivity contribution in [3.05, 3.63) is 58.9 Å². The van der Waals surface area contributed by atoms with Gasteiger partial charge < -0.3 is 10.1 Å². The second kappa shape index (κ2) is 7.31. The van der Waals surface area contributed by atoms with Crippen molar-refractivity contribution >= 4 is 29.2 Å². The number of carbonyl (C=O) groups is 2. The van der Waals surface area contributed by atoms with Crippen LogP contribution in [0, 0.1) is 0 Å². The summed E-state index contributed by atoms with van der Waals surface area (Å²) in [6.45, 7) is -0.692. The van der Waals surface area contributed by atoms with Gasteiger partial charge >= 0.3 is 12.1 Å². The Balaban J connectivity index is 1.99. The van der Waals surface area contributed by atoms with E-state index in [4.69, 9.17) is 16.3 Å². The van der Waals surface area contributed by atoms with Crippen LogP contribution < -0.4 is 5.32 Å². The van der Waals surface area contributed by atoms with Crippen LogP contribution in [-0.4, -0.2) is 23.5 Å². The summed E-state index contributed by atoms with van der Waals surface area (Å²) in [6, 6.07) is 7.05. The number of aromatic nitrogens is 1. The molecule has 1 heterocycles. The molecule has 2 aromatic rings. The van der Waals surface area contributed by atoms with Crippen LogP contribution in [0.2, 0.25) is 5.02 Å². The molecule has 0 bridgehead atoms. The molecule has 0 saturated heterocycles. The molecule has 126 valence electrons. The largest absolute Gasteiger partial charge is 0.451 e. The maximum atomic E-state index is 12.6. The molecule has 1 N–H and O–H groups in total. The van der Waals surface area contributed by atoms with Crippen molar-refractivity contribution in [3.8, 4) is 0 Å². The summed E-state index contributed by atoms with van der Waals surface area (Å²) in [5.41, 5.74) is -1.19. The summed E-state index contributed by atoms with van der Waals surface area (Å²) >= 11 is 5.75. The Hall–Kier alpha value is -2.61. The molecule has 5 nitrogen and oxygen atoms in total. The van der Waals surface area contributed by atoms with E-state index in [0.717, 1.165) is 12.1 Å². The van der Waals surface area contributed by atoms with E-state index in [2.05, 4.69) is 10.3 Å². The van der Waals surface area contributed by atoms with Crippen molar-refractivity contribution < 1.29 is 27.5 Å². The lowest BCUT2D eigenvalue weighted by Crippen LogP contribution is -2.21. The highest BCUT2D eigenvalue weighted by molar-refractivity contribution is 6.33. The fourth-order valence-corrected chi connectivity index (χ4v) is 1.84. The van der Waals surface area contributed by atoms with Gasteiger partial charge in [-0.3, -0.25) is 4.79 Å². The highest BCUT2D eigenvalue weighted by Crippen LogP contribution is 2.33. The van der Waals surface area contributed by atoms with Gasteiger partial charge in [-0.2, -0.15) is 13.2 Å². The average molecular weight is 359 g/mol. The number of anilines is 1. The standard InChI is InChI=1S/C15H10ClF3N2O3/c16-10-5-4-9(15(17,18)19)7-12(10)21-13(22)8-24-14(23)11-3-1-2-6-20-11/h1-7H,8H2,(H,21,22). The van der Waals surface area contributed by atoms with Crippen LogP contribution in [0.5, 0.6) is 0 Å². The third-order valence-corrected chi connectivity index (χ3v) is 3.11. The zero-order valence-electron chi connectivity index (χ0n) is 11.9. The molecule has 0 saturated carbocycles. The summed E-state index contributed by atoms with van der Waals surface area (Å²) < 4.78 is 42.7. The van der Waals surface area contributed by atoms with Crippen LogP contribution in [0.15, 0.2) is 42.6 Å². The van der Waals surface area contributed by atoms with E-state index in [1.807, 2.05) is 0 Å². The van der Waals surface area contributed by atoms with Gasteiger partial charge in [-0.15, -0.1) is 0 Å². The van der Waals surface area contributed by atoms with E-state index in [1.165, 1.54) is 12.3 Å². The SMILES string of the molecule is O=C(COC(=O)c1ccccn1)Nc1cc(C(F)(F)F)ccc1Cl. The molecule has 24 heavy (non-hydrogen) atoms. The monoisotopic (exact) mass is 358 g/mol. The molecule has 0 radical (unpaired) electrons. The van der Waals surface area contributed by atoms with Crippen LogP contribution >= 0.6 is 11.6 Å². The third kappa shape index (κ3) is 4.69. The van der Waals surface area contributed by atoms with Gasteiger partial charge in [-0.05, 0) is 30.3 Å². The van der Waals surface area contributed by atoms with E-state index >= 15 is 0 Å². The second-order valence-electron chi connectivity index (χ2n) is 4.53. The van der Waals surface area contributed by atoms with E-state index in [0.29, 0.717) is 6.07 Å². The maximum Gasteiger partial charge on any atom is 0.416 e. The predicted molar refractivity (Wildman–Crippen MR) is 79.6 cm³/mol. The Labute approximate surface area is 139 Å². The molecule has 9 heteroatoms. The van der Waals surface area contributed by atoms with E-state index in [-0.39, 0.29) is 16.4 Å². The summed E-state index contributed by atoms with van der Waals surface area (Å²) in [6.07, 6.45) is -3.20. The minimum Gasteiger partial charge on any atom is -0.451 e. The minimum atomic E-state index is -4.57. The number of alkyl halides is 3. The van der Waals surface area contributed by atoms with Crippen molar-refractivity contribution in [3.63, 3.8) is 0 Å². The van der Waals surface area contributed by atoms with Crippen molar-refractivity contribution in [1.82, 2.24) is 4.98 Å². The lowest BCUT2D eigenvalue weighted by molar-refractivity contribution is -0.137. The van der Waals surface area contributed by atoms with Crippen LogP contribution in [0.3, 0.4) is 0 Å². The van der Waals surface area contributed by atoms with Crippen LogP contribution in [0.1, 0.15) is 16.1 Å². The van der Waals surface area contributed by atoms with Crippen molar-refractivity contribution in [2.24, 2.45) is 0 Å². The Bertz CT molecular complexity index is 751. The second-order valence-corrected chi connectivity index (χ2v) is 4.94. The third-order valence-electron chi connectivity index (χ3n) is 2.78. The van der Waals surface area contributed by atoms with Gasteiger partial charge in [-0.25, -0.2) is 9.78 Å². The summed E-state index contributed by atoms with van der Waals surface area (Å²) in [4.78, 5) is 27.1. The van der Waals surface area contributed by atoms with Crippen molar-refractivity contribution in [1.29, 1.82) is 0 Å². The molecule has 0 aliphatic rings. The average Bonchev–Trinajstić information content (AvgIpc) is 2.54. The first-order valence-electron chi connectivity index (χ1n) is 6.52. The normalized spacial score (nSPS) is 11.0. The minimum absolute atomic E-state index is 0.00222. The van der Waals surface area contributed by atoms with Gasteiger partial charge in [0.2, 0.25) is 0 Å². The maximum absolute atomic E-state index is 12.6. The fourth-order valence-electron chi connectivity index (χ4n) is 1.67. The van der Waals surface area contributed by atoms with Crippen LogP contribution in [0.4, 0.5) is 18.9 Å². The first-order valence-corrected chi connectivity index (χ1v) is 6.90. The van der Waals surface area contributed by atoms with Gasteiger partial charge in [-0.1, -0.05) is 17.7 Å². The number of carbonyl (C=O) groups excluding carboxylic acids is 2. The number of esters is 1. The van der Waals surface area contributed by atoms with E-state index < -0.39 is 30.2 Å². The molecule has 0 aliphatic carbocycles. The lowest BCUT2D eigenvalue weighted by atomic mass is 10.2. The quantitative estimate of drug-likeness (QED) is 0.849. The van der Waals surface area contributed by atoms with Gasteiger partial charge in [0.05, 0.1) is 16.3 Å². The highest BCUT2D eigenvalue weighted by atomic mass is 35.5. The van der Waals surface area contributed by atoms with Gasteiger partial charge in [0.25, 0.3) is 5.91 Å². The first-order chi connectivity index (χ1) is 11.3.